The standard InChI is InChI=1S/C15H31N3O2S2/c1-10(2)14(19)16-7-8-21-22-9-13(17-11(3)4)15(20)18-12(5)6/h10-13,17H,7-9H2,1-6H3,(H,16,19)(H,18,20). The Bertz CT molecular complexity index is 337. The predicted molar refractivity (Wildman–Crippen MR) is 98.1 cm³/mol. The highest BCUT2D eigenvalue weighted by atomic mass is 33.1. The molecule has 0 heterocycles. The third-order valence-corrected chi connectivity index (χ3v) is 5.02. The van der Waals surface area contributed by atoms with Crippen LogP contribution in [0.25, 0.3) is 0 Å². The quantitative estimate of drug-likeness (QED) is 0.393. The van der Waals surface area contributed by atoms with E-state index in [2.05, 4.69) is 16.0 Å². The highest BCUT2D eigenvalue weighted by molar-refractivity contribution is 8.76. The van der Waals surface area contributed by atoms with Gasteiger partial charge in [-0.05, 0) is 13.8 Å². The van der Waals surface area contributed by atoms with Crippen LogP contribution in [0.3, 0.4) is 0 Å². The Balaban J connectivity index is 3.98. The summed E-state index contributed by atoms with van der Waals surface area (Å²) in [5, 5.41) is 9.12. The third kappa shape index (κ3) is 11.2. The summed E-state index contributed by atoms with van der Waals surface area (Å²) >= 11 is 0. The molecule has 0 spiro atoms. The molecule has 0 saturated carbocycles. The molecular formula is C15H31N3O2S2. The van der Waals surface area contributed by atoms with E-state index in [0.29, 0.717) is 12.3 Å². The number of carbonyl (C=O) groups is 2. The maximum atomic E-state index is 12.1. The second-order valence-corrected chi connectivity index (χ2v) is 8.72. The maximum Gasteiger partial charge on any atom is 0.238 e. The van der Waals surface area contributed by atoms with Gasteiger partial charge in [-0.25, -0.2) is 0 Å². The molecular weight excluding hydrogens is 318 g/mol. The molecule has 0 aromatic carbocycles. The first-order valence-electron chi connectivity index (χ1n) is 7.82. The van der Waals surface area contributed by atoms with Crippen molar-refractivity contribution in [1.29, 1.82) is 0 Å². The fourth-order valence-corrected chi connectivity index (χ4v) is 3.67. The zero-order valence-corrected chi connectivity index (χ0v) is 16.2. The number of carbonyl (C=O) groups excluding carboxylic acids is 2. The Kier molecular flexibility index (Phi) is 11.9. The third-order valence-electron chi connectivity index (χ3n) is 2.61. The van der Waals surface area contributed by atoms with Crippen molar-refractivity contribution in [3.05, 3.63) is 0 Å². The molecule has 0 radical (unpaired) electrons. The van der Waals surface area contributed by atoms with E-state index >= 15 is 0 Å². The SMILES string of the molecule is CC(C)NC(=O)C(CSSCCNC(=O)C(C)C)NC(C)C. The molecule has 0 rings (SSSR count). The summed E-state index contributed by atoms with van der Waals surface area (Å²) < 4.78 is 0. The average molecular weight is 350 g/mol. The maximum absolute atomic E-state index is 12.1. The number of amides is 2. The molecule has 1 atom stereocenters. The van der Waals surface area contributed by atoms with E-state index in [4.69, 9.17) is 0 Å². The second kappa shape index (κ2) is 12.1. The topological polar surface area (TPSA) is 70.2 Å². The van der Waals surface area contributed by atoms with Crippen molar-refractivity contribution in [2.45, 2.75) is 59.7 Å². The number of nitrogens with one attached hydrogen (secondary N) is 3. The minimum Gasteiger partial charge on any atom is -0.355 e. The summed E-state index contributed by atoms with van der Waals surface area (Å²) in [5.41, 5.74) is 0. The molecule has 0 aliphatic heterocycles. The monoisotopic (exact) mass is 349 g/mol. The highest BCUT2D eigenvalue weighted by Gasteiger charge is 2.19. The predicted octanol–water partition coefficient (Wildman–Crippen LogP) is 2.03. The minimum atomic E-state index is -0.190. The van der Waals surface area contributed by atoms with Crippen LogP contribution in [0.4, 0.5) is 0 Å². The van der Waals surface area contributed by atoms with Crippen molar-refractivity contribution < 1.29 is 9.59 Å². The van der Waals surface area contributed by atoms with Crippen LogP contribution in [0.5, 0.6) is 0 Å². The van der Waals surface area contributed by atoms with Crippen LogP contribution < -0.4 is 16.0 Å². The lowest BCUT2D eigenvalue weighted by molar-refractivity contribution is -0.124. The van der Waals surface area contributed by atoms with Gasteiger partial charge in [0.15, 0.2) is 0 Å². The summed E-state index contributed by atoms with van der Waals surface area (Å²) in [6.45, 7) is 12.4. The van der Waals surface area contributed by atoms with Gasteiger partial charge in [-0.15, -0.1) is 0 Å². The van der Waals surface area contributed by atoms with Gasteiger partial charge in [0.05, 0.1) is 6.04 Å². The Hall–Kier alpha value is -0.400. The number of hydrogen-bond acceptors (Lipinski definition) is 5. The van der Waals surface area contributed by atoms with Crippen LogP contribution in [-0.2, 0) is 9.59 Å². The van der Waals surface area contributed by atoms with E-state index in [1.165, 1.54) is 0 Å². The van der Waals surface area contributed by atoms with Crippen LogP contribution in [0.1, 0.15) is 41.5 Å². The Morgan fingerprint density at radius 3 is 2.05 bits per heavy atom. The molecule has 0 aliphatic carbocycles. The fraction of sp³-hybridized carbons (Fsp3) is 0.867. The zero-order valence-electron chi connectivity index (χ0n) is 14.6. The first kappa shape index (κ1) is 21.6. The molecule has 0 aromatic heterocycles. The molecule has 0 bridgehead atoms. The summed E-state index contributed by atoms with van der Waals surface area (Å²) in [6, 6.07) is 0.219. The van der Waals surface area contributed by atoms with Gasteiger partial charge >= 0.3 is 0 Å². The first-order chi connectivity index (χ1) is 10.2. The average Bonchev–Trinajstić information content (AvgIpc) is 2.39. The molecule has 0 saturated heterocycles. The van der Waals surface area contributed by atoms with Gasteiger partial charge in [0.2, 0.25) is 11.8 Å². The van der Waals surface area contributed by atoms with Gasteiger partial charge in [-0.2, -0.15) is 0 Å². The van der Waals surface area contributed by atoms with Crippen LogP contribution in [0, 0.1) is 5.92 Å². The van der Waals surface area contributed by atoms with E-state index in [9.17, 15) is 9.59 Å². The molecule has 3 N–H and O–H groups in total. The summed E-state index contributed by atoms with van der Waals surface area (Å²) in [4.78, 5) is 23.5. The molecule has 2 amide bonds. The Labute approximate surface area is 142 Å². The van der Waals surface area contributed by atoms with Gasteiger partial charge in [-0.3, -0.25) is 9.59 Å². The number of hydrogen-bond donors (Lipinski definition) is 3. The number of rotatable bonds is 11. The van der Waals surface area contributed by atoms with Crippen molar-refractivity contribution >= 4 is 33.4 Å². The molecule has 22 heavy (non-hydrogen) atoms. The first-order valence-corrected chi connectivity index (χ1v) is 10.3. The molecule has 0 fully saturated rings. The minimum absolute atomic E-state index is 0.0250. The van der Waals surface area contributed by atoms with Gasteiger partial charge in [0.1, 0.15) is 0 Å². The molecule has 0 aliphatic rings. The molecule has 1 unspecified atom stereocenters. The van der Waals surface area contributed by atoms with Crippen molar-refractivity contribution in [2.24, 2.45) is 5.92 Å². The van der Waals surface area contributed by atoms with Crippen LogP contribution in [0.2, 0.25) is 0 Å². The molecule has 5 nitrogen and oxygen atoms in total. The van der Waals surface area contributed by atoms with E-state index < -0.39 is 0 Å². The second-order valence-electron chi connectivity index (χ2n) is 6.09. The van der Waals surface area contributed by atoms with Crippen molar-refractivity contribution in [2.75, 3.05) is 18.1 Å². The Morgan fingerprint density at radius 2 is 1.55 bits per heavy atom. The summed E-state index contributed by atoms with van der Waals surface area (Å²) in [5.74, 6) is 1.70. The normalized spacial score (nSPS) is 12.8. The highest BCUT2D eigenvalue weighted by Crippen LogP contribution is 2.21. The van der Waals surface area contributed by atoms with Crippen molar-refractivity contribution in [1.82, 2.24) is 16.0 Å². The zero-order chi connectivity index (χ0) is 17.1. The van der Waals surface area contributed by atoms with E-state index in [-0.39, 0.29) is 35.9 Å². The van der Waals surface area contributed by atoms with E-state index in [0.717, 1.165) is 5.75 Å². The van der Waals surface area contributed by atoms with Crippen LogP contribution >= 0.6 is 21.6 Å². The lowest BCUT2D eigenvalue weighted by Crippen LogP contribution is -2.49. The summed E-state index contributed by atoms with van der Waals surface area (Å²) in [6.07, 6.45) is 0. The Morgan fingerprint density at radius 1 is 0.909 bits per heavy atom. The van der Waals surface area contributed by atoms with Gasteiger partial charge < -0.3 is 16.0 Å². The van der Waals surface area contributed by atoms with E-state index in [1.54, 1.807) is 21.6 Å². The van der Waals surface area contributed by atoms with Gasteiger partial charge in [0, 0.05) is 36.1 Å². The van der Waals surface area contributed by atoms with Crippen molar-refractivity contribution in [3.8, 4) is 0 Å². The smallest absolute Gasteiger partial charge is 0.238 e. The lowest BCUT2D eigenvalue weighted by atomic mass is 10.2. The molecule has 0 aromatic rings. The van der Waals surface area contributed by atoms with Gasteiger partial charge in [0.25, 0.3) is 0 Å². The molecule has 130 valence electrons. The fourth-order valence-electron chi connectivity index (χ4n) is 1.58. The van der Waals surface area contributed by atoms with Crippen molar-refractivity contribution in [3.63, 3.8) is 0 Å². The largest absolute Gasteiger partial charge is 0.355 e. The van der Waals surface area contributed by atoms with Gasteiger partial charge in [-0.1, -0.05) is 49.3 Å². The van der Waals surface area contributed by atoms with E-state index in [1.807, 2.05) is 41.5 Å². The lowest BCUT2D eigenvalue weighted by Gasteiger charge is -2.21. The summed E-state index contributed by atoms with van der Waals surface area (Å²) in [7, 11) is 3.34. The van der Waals surface area contributed by atoms with Crippen LogP contribution in [-0.4, -0.2) is 48.0 Å². The van der Waals surface area contributed by atoms with Crippen LogP contribution in [0.15, 0.2) is 0 Å². The molecule has 7 heteroatoms.